The SMILES string of the molecule is COc1cccc(C(C)=O)c1S. The molecule has 0 aliphatic rings. The zero-order valence-corrected chi connectivity index (χ0v) is 7.89. The molecule has 0 fully saturated rings. The number of hydrogen-bond donors (Lipinski definition) is 1. The lowest BCUT2D eigenvalue weighted by atomic mass is 10.1. The maximum Gasteiger partial charge on any atom is 0.161 e. The minimum Gasteiger partial charge on any atom is -0.496 e. The summed E-state index contributed by atoms with van der Waals surface area (Å²) in [6, 6.07) is 5.28. The maximum atomic E-state index is 11.0. The average molecular weight is 182 g/mol. The molecule has 0 aromatic heterocycles. The Kier molecular flexibility index (Phi) is 2.76. The van der Waals surface area contributed by atoms with Crippen LogP contribution in [-0.2, 0) is 0 Å². The highest BCUT2D eigenvalue weighted by molar-refractivity contribution is 7.80. The summed E-state index contributed by atoms with van der Waals surface area (Å²) >= 11 is 4.18. The molecular weight excluding hydrogens is 172 g/mol. The molecule has 1 aromatic rings. The third-order valence-electron chi connectivity index (χ3n) is 1.60. The summed E-state index contributed by atoms with van der Waals surface area (Å²) in [5, 5.41) is 0. The van der Waals surface area contributed by atoms with Crippen molar-refractivity contribution < 1.29 is 9.53 Å². The molecule has 0 bridgehead atoms. The van der Waals surface area contributed by atoms with Gasteiger partial charge in [-0.3, -0.25) is 4.79 Å². The third-order valence-corrected chi connectivity index (χ3v) is 2.06. The van der Waals surface area contributed by atoms with Gasteiger partial charge in [-0.1, -0.05) is 12.1 Å². The fraction of sp³-hybridized carbons (Fsp3) is 0.222. The number of benzene rings is 1. The Morgan fingerprint density at radius 2 is 2.17 bits per heavy atom. The van der Waals surface area contributed by atoms with Gasteiger partial charge in [-0.2, -0.15) is 0 Å². The van der Waals surface area contributed by atoms with Crippen LogP contribution in [0.1, 0.15) is 17.3 Å². The van der Waals surface area contributed by atoms with Gasteiger partial charge >= 0.3 is 0 Å². The summed E-state index contributed by atoms with van der Waals surface area (Å²) in [6.45, 7) is 1.51. The van der Waals surface area contributed by atoms with Gasteiger partial charge < -0.3 is 4.74 Å². The lowest BCUT2D eigenvalue weighted by Crippen LogP contribution is -1.95. The summed E-state index contributed by atoms with van der Waals surface area (Å²) in [5.41, 5.74) is 0.595. The lowest BCUT2D eigenvalue weighted by Gasteiger charge is -2.05. The second kappa shape index (κ2) is 3.63. The Balaban J connectivity index is 3.23. The first-order valence-electron chi connectivity index (χ1n) is 3.53. The van der Waals surface area contributed by atoms with Gasteiger partial charge in [0, 0.05) is 5.56 Å². The first kappa shape index (κ1) is 9.13. The summed E-state index contributed by atoms with van der Waals surface area (Å²) in [5.74, 6) is 0.630. The molecule has 2 nitrogen and oxygen atoms in total. The van der Waals surface area contributed by atoms with E-state index in [0.29, 0.717) is 16.2 Å². The zero-order valence-electron chi connectivity index (χ0n) is 7.00. The van der Waals surface area contributed by atoms with E-state index in [9.17, 15) is 4.79 Å². The van der Waals surface area contributed by atoms with E-state index in [1.54, 1.807) is 25.3 Å². The van der Waals surface area contributed by atoms with Crippen LogP contribution in [0, 0.1) is 0 Å². The van der Waals surface area contributed by atoms with E-state index < -0.39 is 0 Å². The minimum atomic E-state index is -0.00102. The second-order valence-corrected chi connectivity index (χ2v) is 2.86. The number of Topliss-reactive ketones (excluding diaryl/α,β-unsaturated/α-hetero) is 1. The summed E-state index contributed by atoms with van der Waals surface area (Å²) in [4.78, 5) is 11.6. The van der Waals surface area contributed by atoms with Crippen LogP contribution in [-0.4, -0.2) is 12.9 Å². The monoisotopic (exact) mass is 182 g/mol. The topological polar surface area (TPSA) is 26.3 Å². The molecule has 0 amide bonds. The van der Waals surface area contributed by atoms with Crippen molar-refractivity contribution in [1.29, 1.82) is 0 Å². The standard InChI is InChI=1S/C9H10O2S/c1-6(10)7-4-3-5-8(11-2)9(7)12/h3-5,12H,1-2H3. The first-order valence-corrected chi connectivity index (χ1v) is 3.98. The fourth-order valence-electron chi connectivity index (χ4n) is 0.971. The Morgan fingerprint density at radius 1 is 1.50 bits per heavy atom. The van der Waals surface area contributed by atoms with Crippen molar-refractivity contribution in [2.24, 2.45) is 0 Å². The van der Waals surface area contributed by atoms with Crippen LogP contribution >= 0.6 is 12.6 Å². The van der Waals surface area contributed by atoms with Gasteiger partial charge in [0.2, 0.25) is 0 Å². The molecule has 1 rings (SSSR count). The van der Waals surface area contributed by atoms with E-state index in [0.717, 1.165) is 0 Å². The quantitative estimate of drug-likeness (QED) is 0.560. The third kappa shape index (κ3) is 1.61. The molecule has 0 saturated heterocycles. The highest BCUT2D eigenvalue weighted by Crippen LogP contribution is 2.25. The number of carbonyl (C=O) groups excluding carboxylic acids is 1. The number of ketones is 1. The van der Waals surface area contributed by atoms with Gasteiger partial charge in [-0.25, -0.2) is 0 Å². The molecule has 12 heavy (non-hydrogen) atoms. The average Bonchev–Trinajstić information content (AvgIpc) is 2.04. The molecule has 0 aliphatic carbocycles. The molecule has 0 radical (unpaired) electrons. The lowest BCUT2D eigenvalue weighted by molar-refractivity contribution is 0.101. The van der Waals surface area contributed by atoms with E-state index in [1.165, 1.54) is 6.92 Å². The van der Waals surface area contributed by atoms with Crippen LogP contribution in [0.25, 0.3) is 0 Å². The molecular formula is C9H10O2S. The molecule has 0 aliphatic heterocycles. The molecule has 3 heteroatoms. The van der Waals surface area contributed by atoms with Crippen molar-refractivity contribution in [2.45, 2.75) is 11.8 Å². The molecule has 0 spiro atoms. The van der Waals surface area contributed by atoms with Crippen molar-refractivity contribution in [3.8, 4) is 5.75 Å². The van der Waals surface area contributed by atoms with E-state index in [-0.39, 0.29) is 5.78 Å². The number of ether oxygens (including phenoxy) is 1. The molecule has 0 unspecified atom stereocenters. The van der Waals surface area contributed by atoms with Gasteiger partial charge in [0.1, 0.15) is 5.75 Å². The van der Waals surface area contributed by atoms with Gasteiger partial charge in [0.05, 0.1) is 12.0 Å². The normalized spacial score (nSPS) is 9.58. The number of carbonyl (C=O) groups is 1. The smallest absolute Gasteiger partial charge is 0.161 e. The number of rotatable bonds is 2. The highest BCUT2D eigenvalue weighted by atomic mass is 32.1. The van der Waals surface area contributed by atoms with E-state index in [4.69, 9.17) is 4.74 Å². The zero-order chi connectivity index (χ0) is 9.14. The predicted octanol–water partition coefficient (Wildman–Crippen LogP) is 2.19. The molecule has 0 atom stereocenters. The van der Waals surface area contributed by atoms with Crippen molar-refractivity contribution in [2.75, 3.05) is 7.11 Å². The highest BCUT2D eigenvalue weighted by Gasteiger charge is 2.07. The molecule has 0 heterocycles. The van der Waals surface area contributed by atoms with Crippen LogP contribution in [0.3, 0.4) is 0 Å². The molecule has 0 saturated carbocycles. The molecule has 0 N–H and O–H groups in total. The van der Waals surface area contributed by atoms with E-state index in [1.807, 2.05) is 0 Å². The Bertz CT molecular complexity index is 307. The summed E-state index contributed by atoms with van der Waals surface area (Å²) in [7, 11) is 1.55. The first-order chi connectivity index (χ1) is 5.66. The van der Waals surface area contributed by atoms with Crippen LogP contribution in [0.5, 0.6) is 5.75 Å². The Morgan fingerprint density at radius 3 is 2.67 bits per heavy atom. The Hall–Kier alpha value is -0.960. The van der Waals surface area contributed by atoms with E-state index in [2.05, 4.69) is 12.6 Å². The van der Waals surface area contributed by atoms with Gasteiger partial charge in [0.25, 0.3) is 0 Å². The molecule has 1 aromatic carbocycles. The van der Waals surface area contributed by atoms with Crippen molar-refractivity contribution in [1.82, 2.24) is 0 Å². The van der Waals surface area contributed by atoms with Gasteiger partial charge in [0.15, 0.2) is 5.78 Å². The van der Waals surface area contributed by atoms with Crippen molar-refractivity contribution in [3.63, 3.8) is 0 Å². The largest absolute Gasteiger partial charge is 0.496 e. The summed E-state index contributed by atoms with van der Waals surface area (Å²) < 4.78 is 5.01. The maximum absolute atomic E-state index is 11.0. The fourth-order valence-corrected chi connectivity index (χ4v) is 1.37. The van der Waals surface area contributed by atoms with Crippen LogP contribution in [0.2, 0.25) is 0 Å². The van der Waals surface area contributed by atoms with Crippen LogP contribution in [0.15, 0.2) is 23.1 Å². The van der Waals surface area contributed by atoms with Crippen molar-refractivity contribution in [3.05, 3.63) is 23.8 Å². The van der Waals surface area contributed by atoms with Gasteiger partial charge in [-0.15, -0.1) is 12.6 Å². The van der Waals surface area contributed by atoms with Gasteiger partial charge in [-0.05, 0) is 13.0 Å². The van der Waals surface area contributed by atoms with Crippen LogP contribution < -0.4 is 4.74 Å². The minimum absolute atomic E-state index is 0.00102. The summed E-state index contributed by atoms with van der Waals surface area (Å²) in [6.07, 6.45) is 0. The van der Waals surface area contributed by atoms with E-state index >= 15 is 0 Å². The Labute approximate surface area is 77.0 Å². The van der Waals surface area contributed by atoms with Crippen molar-refractivity contribution >= 4 is 18.4 Å². The number of hydrogen-bond acceptors (Lipinski definition) is 3. The molecule has 64 valence electrons. The number of methoxy groups -OCH3 is 1. The van der Waals surface area contributed by atoms with Crippen LogP contribution in [0.4, 0.5) is 0 Å². The second-order valence-electron chi connectivity index (χ2n) is 2.41. The predicted molar refractivity (Wildman–Crippen MR) is 50.3 cm³/mol. The number of thiol groups is 1.